The predicted molar refractivity (Wildman–Crippen MR) is 133 cm³/mol. The van der Waals surface area contributed by atoms with Crippen LogP contribution >= 0.6 is 0 Å². The number of amides is 2. The Morgan fingerprint density at radius 2 is 1.81 bits per heavy atom. The van der Waals surface area contributed by atoms with E-state index in [1.165, 1.54) is 18.2 Å². The molecule has 7 N–H and O–H groups in total. The van der Waals surface area contributed by atoms with E-state index in [1.807, 2.05) is 0 Å². The van der Waals surface area contributed by atoms with Crippen LogP contribution in [0.15, 0.2) is 31.9 Å². The van der Waals surface area contributed by atoms with Crippen molar-refractivity contribution < 1.29 is 23.7 Å². The topological polar surface area (TPSA) is 257 Å². The first-order valence-corrected chi connectivity index (χ1v) is 9.49. The molecular weight excluding hydrogens is 494 g/mol. The second-order valence-electron chi connectivity index (χ2n) is 6.02. The number of aliphatic imine (C=N–C) groups is 1. The molecule has 2 aromatic heterocycles. The molecule has 37 heavy (non-hydrogen) atoms. The number of urea groups is 1. The molecule has 20 heteroatoms. The zero-order valence-electron chi connectivity index (χ0n) is 19.1. The molecule has 4 radical (unpaired) electrons. The predicted octanol–water partition coefficient (Wildman–Crippen LogP) is -1.45. The van der Waals surface area contributed by atoms with Crippen molar-refractivity contribution in [2.24, 2.45) is 10.2 Å². The van der Waals surface area contributed by atoms with E-state index in [0.29, 0.717) is 11.4 Å². The average Bonchev–Trinajstić information content (AvgIpc) is 2.79. The van der Waals surface area contributed by atoms with Crippen LogP contribution in [0.4, 0.5) is 16.7 Å². The van der Waals surface area contributed by atoms with E-state index >= 15 is 0 Å². The second-order valence-corrected chi connectivity index (χ2v) is 6.02. The molecule has 1 unspecified atom stereocenters. The first-order chi connectivity index (χ1) is 17.1. The lowest BCUT2D eigenvalue weighted by atomic mass is 10.4. The van der Waals surface area contributed by atoms with Crippen LogP contribution in [-0.4, -0.2) is 74.4 Å². The molecule has 0 aliphatic rings. The van der Waals surface area contributed by atoms with Gasteiger partial charge in [-0.15, -0.1) is 4.91 Å². The van der Waals surface area contributed by atoms with Gasteiger partial charge < -0.3 is 20.4 Å². The number of nitrogen functional groups attached to an aromatic ring is 1. The molecule has 0 saturated carbocycles. The van der Waals surface area contributed by atoms with Gasteiger partial charge in [-0.05, 0) is 19.0 Å². The second kappa shape index (κ2) is 21.1. The highest BCUT2D eigenvalue weighted by Crippen LogP contribution is 1.95. The summed E-state index contributed by atoms with van der Waals surface area (Å²) in [7, 11) is 9.31. The van der Waals surface area contributed by atoms with Gasteiger partial charge in [-0.1, -0.05) is 7.43 Å². The molecular formula is C17H26B2N10O8. The zero-order valence-corrected chi connectivity index (χ0v) is 19.1. The molecule has 0 aliphatic heterocycles. The first-order valence-electron chi connectivity index (χ1n) is 9.49. The summed E-state index contributed by atoms with van der Waals surface area (Å²) < 4.78 is 8.14. The smallest absolute Gasteiger partial charge is 0.321 e. The van der Waals surface area contributed by atoms with Crippen LogP contribution < -0.4 is 33.0 Å². The number of isocyanates is 1. The number of anilines is 2. The van der Waals surface area contributed by atoms with Crippen LogP contribution in [0.3, 0.4) is 0 Å². The number of aromatic nitrogens is 4. The maximum atomic E-state index is 11.3. The Morgan fingerprint density at radius 3 is 2.30 bits per heavy atom. The summed E-state index contributed by atoms with van der Waals surface area (Å²) in [6.45, 7) is 3.07. The molecule has 2 aromatic rings. The van der Waals surface area contributed by atoms with E-state index in [0.717, 1.165) is 0 Å². The summed E-state index contributed by atoms with van der Waals surface area (Å²) >= 11 is 0. The first kappa shape index (κ1) is 34.9. The van der Waals surface area contributed by atoms with Crippen molar-refractivity contribution in [2.45, 2.75) is 27.5 Å². The van der Waals surface area contributed by atoms with Crippen LogP contribution in [0, 0.1) is 18.8 Å². The fraction of sp³-hybridized carbons (Fsp3) is 0.412. The van der Waals surface area contributed by atoms with Crippen LogP contribution in [0.5, 0.6) is 0 Å². The van der Waals surface area contributed by atoms with Gasteiger partial charge in [-0.3, -0.25) is 29.7 Å². The highest BCUT2D eigenvalue weighted by atomic mass is 16.7. The number of nitrogens with one attached hydrogen (secondary N) is 5. The molecule has 2 amide bonds. The molecule has 0 bridgehead atoms. The average molecular weight is 520 g/mol. The van der Waals surface area contributed by atoms with E-state index in [2.05, 4.69) is 68.4 Å². The van der Waals surface area contributed by atoms with Crippen LogP contribution in [0.2, 0.25) is 0 Å². The molecule has 0 fully saturated rings. The normalized spacial score (nSPS) is 10.0. The SMILES string of the molecule is C.Cc1cc(=O)[nH]c(N)n1.[B]OC(CNC(=O)Nc1nc(C)cc(=O)[nH]1)N=O.[B]OCONCN=C=O. The number of aromatic amines is 2. The summed E-state index contributed by atoms with van der Waals surface area (Å²) in [4.78, 5) is 72.3. The van der Waals surface area contributed by atoms with Gasteiger partial charge in [0.15, 0.2) is 13.0 Å². The molecule has 1 atom stereocenters. The van der Waals surface area contributed by atoms with Gasteiger partial charge in [-0.25, -0.2) is 19.6 Å². The van der Waals surface area contributed by atoms with Gasteiger partial charge in [0, 0.05) is 23.5 Å². The lowest BCUT2D eigenvalue weighted by Gasteiger charge is -2.09. The maximum absolute atomic E-state index is 11.3. The van der Waals surface area contributed by atoms with Crippen molar-refractivity contribution >= 4 is 40.1 Å². The van der Waals surface area contributed by atoms with Crippen LogP contribution in [0.1, 0.15) is 18.8 Å². The highest BCUT2D eigenvalue weighted by Gasteiger charge is 2.09. The Hall–Kier alpha value is -4.22. The molecule has 2 heterocycles. The number of rotatable bonds is 10. The molecule has 2 rings (SSSR count). The third-order valence-corrected chi connectivity index (χ3v) is 3.14. The van der Waals surface area contributed by atoms with Crippen LogP contribution in [0.25, 0.3) is 0 Å². The number of carbonyl (C=O) groups excluding carboxylic acids is 2. The monoisotopic (exact) mass is 520 g/mol. The lowest BCUT2D eigenvalue weighted by molar-refractivity contribution is -0.0427. The van der Waals surface area contributed by atoms with Gasteiger partial charge in [0.1, 0.15) is 6.67 Å². The Kier molecular flexibility index (Phi) is 19.9. The van der Waals surface area contributed by atoms with Crippen molar-refractivity contribution in [3.8, 4) is 0 Å². The fourth-order valence-corrected chi connectivity index (χ4v) is 1.87. The standard InChI is InChI=1S/C8H10BN5O4.C5H7N3O.C3H5BN2O3.CH4/c1-4-2-5(15)12-7(11-4)13-8(16)10-3-6(14-17)18-9;1-3-2-4(9)8-5(6)7-3;4-8-3-9-6-1-5-2-7;/h2,6H,3H2,1H3,(H3,10,11,12,13,15,16);2H,1H3,(H3,6,7,8,9);6H,1,3H2;1H4. The van der Waals surface area contributed by atoms with Gasteiger partial charge in [0.25, 0.3) is 27.2 Å². The van der Waals surface area contributed by atoms with Crippen molar-refractivity contribution in [1.29, 1.82) is 0 Å². The minimum atomic E-state index is -1.18. The molecule has 198 valence electrons. The third-order valence-electron chi connectivity index (χ3n) is 3.14. The summed E-state index contributed by atoms with van der Waals surface area (Å²) in [6, 6.07) is 1.98. The number of aryl methyl sites for hydroxylation is 2. The minimum Gasteiger partial charge on any atom is -0.426 e. The molecule has 0 spiro atoms. The van der Waals surface area contributed by atoms with Crippen molar-refractivity contribution in [3.63, 3.8) is 0 Å². The number of nitrogens with two attached hydrogens (primary N) is 1. The number of hydrogen-bond donors (Lipinski definition) is 6. The number of carbonyl (C=O) groups is 1. The van der Waals surface area contributed by atoms with Gasteiger partial charge in [0.2, 0.25) is 18.0 Å². The zero-order chi connectivity index (χ0) is 27.3. The van der Waals surface area contributed by atoms with Crippen LogP contribution in [-0.2, 0) is 18.9 Å². The maximum Gasteiger partial charge on any atom is 0.321 e. The number of H-pyrrole nitrogens is 2. The van der Waals surface area contributed by atoms with E-state index in [4.69, 9.17) is 13.8 Å². The Bertz CT molecular complexity index is 1090. The van der Waals surface area contributed by atoms with E-state index in [-0.39, 0.29) is 44.9 Å². The quantitative estimate of drug-likeness (QED) is 0.0400. The summed E-state index contributed by atoms with van der Waals surface area (Å²) in [5.74, 6) is 0.154. The summed E-state index contributed by atoms with van der Waals surface area (Å²) in [5, 5.41) is 7.03. The fourth-order valence-electron chi connectivity index (χ4n) is 1.87. The summed E-state index contributed by atoms with van der Waals surface area (Å²) in [5.41, 5.74) is 7.93. The number of nitroso groups, excluding NO2 is 1. The third kappa shape index (κ3) is 18.7. The Morgan fingerprint density at radius 1 is 1.19 bits per heavy atom. The minimum absolute atomic E-state index is 0. The summed E-state index contributed by atoms with van der Waals surface area (Å²) in [6.07, 6.45) is 0.125. The molecule has 0 aromatic carbocycles. The van der Waals surface area contributed by atoms with Crippen molar-refractivity contribution in [2.75, 3.05) is 31.1 Å². The molecule has 0 saturated heterocycles. The van der Waals surface area contributed by atoms with E-state index < -0.39 is 17.8 Å². The van der Waals surface area contributed by atoms with Crippen molar-refractivity contribution in [3.05, 3.63) is 49.1 Å². The van der Waals surface area contributed by atoms with E-state index in [9.17, 15) is 24.1 Å². The largest absolute Gasteiger partial charge is 0.426 e. The number of nitrogens with zero attached hydrogens (tertiary/aromatic N) is 4. The van der Waals surface area contributed by atoms with Gasteiger partial charge in [0.05, 0.1) is 6.54 Å². The Balaban J connectivity index is 0. The number of hydroxylamine groups is 1. The van der Waals surface area contributed by atoms with E-state index in [1.54, 1.807) is 13.8 Å². The lowest BCUT2D eigenvalue weighted by Crippen LogP contribution is -2.36. The highest BCUT2D eigenvalue weighted by molar-refractivity contribution is 5.98. The molecule has 18 nitrogen and oxygen atoms in total. The van der Waals surface area contributed by atoms with Gasteiger partial charge in [-0.2, -0.15) is 10.5 Å². The number of hydrogen-bond acceptors (Lipinski definition) is 14. The van der Waals surface area contributed by atoms with Gasteiger partial charge >= 0.3 is 6.03 Å². The molecule has 0 aliphatic carbocycles. The van der Waals surface area contributed by atoms with Crippen molar-refractivity contribution in [1.82, 2.24) is 30.7 Å². The Labute approximate surface area is 213 Å².